The van der Waals surface area contributed by atoms with Crippen LogP contribution in [0.5, 0.6) is 0 Å². The first-order chi connectivity index (χ1) is 12.8. The van der Waals surface area contributed by atoms with E-state index in [1.54, 1.807) is 54.3 Å². The number of carbonyl (C=O) groups is 1. The predicted molar refractivity (Wildman–Crippen MR) is 108 cm³/mol. The summed E-state index contributed by atoms with van der Waals surface area (Å²) in [6, 6.07) is 11.8. The van der Waals surface area contributed by atoms with Crippen LogP contribution in [-0.4, -0.2) is 45.4 Å². The average molecular weight is 408 g/mol. The van der Waals surface area contributed by atoms with Gasteiger partial charge in [-0.25, -0.2) is 8.42 Å². The molecule has 8 heteroatoms. The van der Waals surface area contributed by atoms with Crippen molar-refractivity contribution < 1.29 is 13.2 Å². The minimum Gasteiger partial charge on any atom is -0.365 e. The van der Waals surface area contributed by atoms with E-state index in [4.69, 9.17) is 11.6 Å². The van der Waals surface area contributed by atoms with Crippen LogP contribution in [0, 0.1) is 6.92 Å². The van der Waals surface area contributed by atoms with Crippen molar-refractivity contribution in [1.29, 1.82) is 0 Å². The number of para-hydroxylation sites is 1. The Morgan fingerprint density at radius 1 is 1.04 bits per heavy atom. The Morgan fingerprint density at radius 3 is 2.26 bits per heavy atom. The fourth-order valence-electron chi connectivity index (χ4n) is 3.09. The van der Waals surface area contributed by atoms with Crippen LogP contribution in [0.2, 0.25) is 5.02 Å². The molecule has 3 rings (SSSR count). The molecule has 144 valence electrons. The van der Waals surface area contributed by atoms with E-state index in [-0.39, 0.29) is 10.8 Å². The second kappa shape index (κ2) is 7.78. The van der Waals surface area contributed by atoms with Gasteiger partial charge in [0, 0.05) is 33.1 Å². The minimum atomic E-state index is -3.73. The summed E-state index contributed by atoms with van der Waals surface area (Å²) in [7, 11) is -3.73. The fraction of sp³-hybridized carbons (Fsp3) is 0.316. The van der Waals surface area contributed by atoms with Crippen LogP contribution in [-0.2, 0) is 14.8 Å². The third kappa shape index (κ3) is 4.36. The molecular formula is C19H22ClN3O3S. The summed E-state index contributed by atoms with van der Waals surface area (Å²) in [5, 5.41) is 0.468. The van der Waals surface area contributed by atoms with Crippen molar-refractivity contribution in [3.05, 3.63) is 53.1 Å². The van der Waals surface area contributed by atoms with Crippen molar-refractivity contribution >= 4 is 38.9 Å². The lowest BCUT2D eigenvalue weighted by Crippen LogP contribution is -2.48. The number of nitrogens with one attached hydrogen (secondary N) is 1. The van der Waals surface area contributed by atoms with Crippen molar-refractivity contribution in [3.63, 3.8) is 0 Å². The second-order valence-electron chi connectivity index (χ2n) is 6.55. The molecule has 6 nitrogen and oxygen atoms in total. The Kier molecular flexibility index (Phi) is 5.62. The largest absolute Gasteiger partial charge is 0.365 e. The minimum absolute atomic E-state index is 0.0362. The van der Waals surface area contributed by atoms with Gasteiger partial charge in [0.05, 0.1) is 21.3 Å². The number of hydrogen-bond acceptors (Lipinski definition) is 4. The van der Waals surface area contributed by atoms with E-state index in [2.05, 4.69) is 4.72 Å². The molecular weight excluding hydrogens is 386 g/mol. The molecule has 0 atom stereocenters. The number of amides is 1. The number of benzene rings is 2. The molecule has 2 aromatic rings. The van der Waals surface area contributed by atoms with Gasteiger partial charge in [-0.1, -0.05) is 35.4 Å². The van der Waals surface area contributed by atoms with Crippen molar-refractivity contribution in [3.8, 4) is 0 Å². The quantitative estimate of drug-likeness (QED) is 0.845. The average Bonchev–Trinajstić information content (AvgIpc) is 2.62. The van der Waals surface area contributed by atoms with Crippen molar-refractivity contribution in [2.24, 2.45) is 0 Å². The van der Waals surface area contributed by atoms with Gasteiger partial charge in [-0.05, 0) is 31.2 Å². The second-order valence-corrected chi connectivity index (χ2v) is 8.64. The van der Waals surface area contributed by atoms with Gasteiger partial charge in [-0.15, -0.1) is 0 Å². The van der Waals surface area contributed by atoms with Crippen LogP contribution in [0.3, 0.4) is 0 Å². The number of rotatable bonds is 4. The maximum Gasteiger partial charge on any atom is 0.261 e. The molecule has 1 fully saturated rings. The number of halogens is 1. The summed E-state index contributed by atoms with van der Waals surface area (Å²) in [5.41, 5.74) is 2.05. The van der Waals surface area contributed by atoms with Crippen molar-refractivity contribution in [2.75, 3.05) is 35.8 Å². The number of hydrogen-bond donors (Lipinski definition) is 1. The zero-order valence-corrected chi connectivity index (χ0v) is 16.8. The van der Waals surface area contributed by atoms with Gasteiger partial charge >= 0.3 is 0 Å². The summed E-state index contributed by atoms with van der Waals surface area (Å²) in [6.07, 6.45) is 0. The molecule has 1 amide bonds. The van der Waals surface area contributed by atoms with E-state index in [0.717, 1.165) is 5.56 Å². The SMILES string of the molecule is CC(=O)N1CCN(c2c(Cl)cccc2NS(=O)(=O)c2ccc(C)cc2)CC1. The lowest BCUT2D eigenvalue weighted by atomic mass is 10.2. The highest BCUT2D eigenvalue weighted by atomic mass is 35.5. The maximum absolute atomic E-state index is 12.8. The molecule has 1 saturated heterocycles. The summed E-state index contributed by atoms with van der Waals surface area (Å²) >= 11 is 6.40. The molecule has 0 aliphatic carbocycles. The first-order valence-corrected chi connectivity index (χ1v) is 10.5. The molecule has 1 aliphatic rings. The predicted octanol–water partition coefficient (Wildman–Crippen LogP) is 3.12. The van der Waals surface area contributed by atoms with Crippen LogP contribution >= 0.6 is 11.6 Å². The van der Waals surface area contributed by atoms with E-state index in [9.17, 15) is 13.2 Å². The molecule has 0 radical (unpaired) electrons. The molecule has 0 unspecified atom stereocenters. The summed E-state index contributed by atoms with van der Waals surface area (Å²) in [6.45, 7) is 5.77. The number of piperazine rings is 1. The van der Waals surface area contributed by atoms with Gasteiger partial charge in [0.25, 0.3) is 10.0 Å². The van der Waals surface area contributed by atoms with Gasteiger partial charge in [0.1, 0.15) is 0 Å². The van der Waals surface area contributed by atoms with Crippen LogP contribution in [0.25, 0.3) is 0 Å². The number of carbonyl (C=O) groups excluding carboxylic acids is 1. The van der Waals surface area contributed by atoms with Gasteiger partial charge in [-0.2, -0.15) is 0 Å². The Labute approximate surface area is 164 Å². The topological polar surface area (TPSA) is 69.7 Å². The first kappa shape index (κ1) is 19.5. The van der Waals surface area contributed by atoms with Crippen molar-refractivity contribution in [1.82, 2.24) is 4.90 Å². The number of aryl methyl sites for hydroxylation is 1. The van der Waals surface area contributed by atoms with E-state index >= 15 is 0 Å². The van der Waals surface area contributed by atoms with Gasteiger partial charge in [0.2, 0.25) is 5.91 Å². The van der Waals surface area contributed by atoms with Crippen LogP contribution in [0.1, 0.15) is 12.5 Å². The maximum atomic E-state index is 12.8. The molecule has 0 saturated carbocycles. The fourth-order valence-corrected chi connectivity index (χ4v) is 4.45. The molecule has 1 N–H and O–H groups in total. The molecule has 0 spiro atoms. The Morgan fingerprint density at radius 2 is 1.67 bits per heavy atom. The van der Waals surface area contributed by atoms with Crippen LogP contribution < -0.4 is 9.62 Å². The van der Waals surface area contributed by atoms with Gasteiger partial charge < -0.3 is 9.80 Å². The summed E-state index contributed by atoms with van der Waals surface area (Å²) in [4.78, 5) is 15.5. The number of sulfonamides is 1. The molecule has 2 aromatic carbocycles. The summed E-state index contributed by atoms with van der Waals surface area (Å²) < 4.78 is 28.2. The van der Waals surface area contributed by atoms with E-state index in [1.165, 1.54) is 0 Å². The monoisotopic (exact) mass is 407 g/mol. The Hall–Kier alpha value is -2.25. The van der Waals surface area contributed by atoms with Gasteiger partial charge in [0.15, 0.2) is 0 Å². The number of nitrogens with zero attached hydrogens (tertiary/aromatic N) is 2. The highest BCUT2D eigenvalue weighted by molar-refractivity contribution is 7.92. The Bertz CT molecular complexity index is 937. The zero-order chi connectivity index (χ0) is 19.6. The molecule has 27 heavy (non-hydrogen) atoms. The van der Waals surface area contributed by atoms with Crippen LogP contribution in [0.15, 0.2) is 47.4 Å². The molecule has 1 heterocycles. The van der Waals surface area contributed by atoms with E-state index in [1.807, 2.05) is 11.8 Å². The highest BCUT2D eigenvalue weighted by Gasteiger charge is 2.24. The molecule has 0 aromatic heterocycles. The first-order valence-electron chi connectivity index (χ1n) is 8.66. The third-order valence-electron chi connectivity index (χ3n) is 4.60. The molecule has 0 bridgehead atoms. The standard InChI is InChI=1S/C19H22ClN3O3S/c1-14-6-8-16(9-7-14)27(25,26)21-18-5-3-4-17(20)19(18)23-12-10-22(11-13-23)15(2)24/h3-9,21H,10-13H2,1-2H3. The third-order valence-corrected chi connectivity index (χ3v) is 6.29. The molecule has 1 aliphatic heterocycles. The van der Waals surface area contributed by atoms with Crippen molar-refractivity contribution in [2.45, 2.75) is 18.7 Å². The van der Waals surface area contributed by atoms with E-state index < -0.39 is 10.0 Å². The lowest BCUT2D eigenvalue weighted by Gasteiger charge is -2.37. The normalized spacial score (nSPS) is 14.9. The summed E-state index contributed by atoms with van der Waals surface area (Å²) in [5.74, 6) is 0.0362. The zero-order valence-electron chi connectivity index (χ0n) is 15.3. The highest BCUT2D eigenvalue weighted by Crippen LogP contribution is 2.35. The number of anilines is 2. The van der Waals surface area contributed by atoms with E-state index in [0.29, 0.717) is 42.6 Å². The smallest absolute Gasteiger partial charge is 0.261 e. The van der Waals surface area contributed by atoms with Crippen LogP contribution in [0.4, 0.5) is 11.4 Å². The lowest BCUT2D eigenvalue weighted by molar-refractivity contribution is -0.129. The Balaban J connectivity index is 1.88. The van der Waals surface area contributed by atoms with Gasteiger partial charge in [-0.3, -0.25) is 9.52 Å².